The molecule has 4 nitrogen and oxygen atoms in total. The third kappa shape index (κ3) is 3.49. The van der Waals surface area contributed by atoms with Gasteiger partial charge in [0.1, 0.15) is 5.58 Å². The molecular weight excluding hydrogens is 418 g/mol. The summed E-state index contributed by atoms with van der Waals surface area (Å²) < 4.78 is 6.70. The van der Waals surface area contributed by atoms with Crippen molar-refractivity contribution in [3.8, 4) is 0 Å². The Bertz CT molecular complexity index is 1170. The van der Waals surface area contributed by atoms with Crippen molar-refractivity contribution >= 4 is 44.3 Å². The maximum absolute atomic E-state index is 13.1. The van der Waals surface area contributed by atoms with Gasteiger partial charge in [-0.15, -0.1) is 0 Å². The van der Waals surface area contributed by atoms with Crippen LogP contribution in [0.3, 0.4) is 0 Å². The largest absolute Gasteiger partial charge is 0.450 e. The molecule has 0 aliphatic heterocycles. The molecule has 0 saturated heterocycles. The van der Waals surface area contributed by atoms with Crippen LogP contribution in [-0.2, 0) is 0 Å². The number of rotatable bonds is 4. The summed E-state index contributed by atoms with van der Waals surface area (Å²) in [7, 11) is 0. The zero-order valence-electron chi connectivity index (χ0n) is 15.0. The highest BCUT2D eigenvalue weighted by Crippen LogP contribution is 2.33. The summed E-state index contributed by atoms with van der Waals surface area (Å²) in [5.41, 5.74) is 2.98. The number of hydrogen-bond acceptors (Lipinski definition) is 3. The van der Waals surface area contributed by atoms with Gasteiger partial charge in [0.2, 0.25) is 5.78 Å². The predicted octanol–water partition coefficient (Wildman–Crippen LogP) is 5.99. The number of anilines is 1. The molecule has 1 N–H and O–H groups in total. The van der Waals surface area contributed by atoms with Crippen molar-refractivity contribution in [1.29, 1.82) is 0 Å². The predicted molar refractivity (Wildman–Crippen MR) is 113 cm³/mol. The summed E-state index contributed by atoms with van der Waals surface area (Å²) >= 11 is 3.37. The minimum Gasteiger partial charge on any atom is -0.450 e. The van der Waals surface area contributed by atoms with Crippen LogP contribution in [0.5, 0.6) is 0 Å². The number of carbonyl (C=O) groups excluding carboxylic acids is 2. The van der Waals surface area contributed by atoms with Crippen molar-refractivity contribution < 1.29 is 14.0 Å². The van der Waals surface area contributed by atoms with E-state index in [0.717, 1.165) is 10.0 Å². The van der Waals surface area contributed by atoms with Gasteiger partial charge in [0.05, 0.1) is 5.69 Å². The lowest BCUT2D eigenvalue weighted by Gasteiger charge is -2.07. The van der Waals surface area contributed by atoms with Crippen LogP contribution in [-0.4, -0.2) is 11.7 Å². The van der Waals surface area contributed by atoms with Crippen molar-refractivity contribution in [3.63, 3.8) is 0 Å². The first-order valence-electron chi connectivity index (χ1n) is 8.73. The molecule has 0 saturated carbocycles. The average molecular weight is 434 g/mol. The van der Waals surface area contributed by atoms with Crippen LogP contribution >= 0.6 is 15.9 Å². The molecule has 3 aromatic carbocycles. The van der Waals surface area contributed by atoms with Gasteiger partial charge in [-0.05, 0) is 55.5 Å². The minimum absolute atomic E-state index is 0.115. The number of para-hydroxylation sites is 1. The highest BCUT2D eigenvalue weighted by Gasteiger charge is 2.23. The molecule has 1 amide bonds. The topological polar surface area (TPSA) is 59.3 Å². The van der Waals surface area contributed by atoms with Crippen molar-refractivity contribution in [2.75, 3.05) is 5.32 Å². The molecule has 4 rings (SSSR count). The Morgan fingerprint density at radius 2 is 1.50 bits per heavy atom. The number of carbonyl (C=O) groups is 2. The van der Waals surface area contributed by atoms with Crippen LogP contribution in [0.1, 0.15) is 32.0 Å². The number of fused-ring (bicyclic) bond motifs is 1. The highest BCUT2D eigenvalue weighted by atomic mass is 79.9. The summed E-state index contributed by atoms with van der Waals surface area (Å²) in [6.45, 7) is 1.96. The first-order valence-corrected chi connectivity index (χ1v) is 9.52. The van der Waals surface area contributed by atoms with Gasteiger partial charge in [-0.3, -0.25) is 9.59 Å². The van der Waals surface area contributed by atoms with Crippen molar-refractivity contribution in [1.82, 2.24) is 0 Å². The Kier molecular flexibility index (Phi) is 4.84. The normalized spacial score (nSPS) is 10.8. The molecule has 1 aromatic heterocycles. The lowest BCUT2D eigenvalue weighted by molar-refractivity contribution is 0.101. The molecule has 138 valence electrons. The quantitative estimate of drug-likeness (QED) is 0.402. The smallest absolute Gasteiger partial charge is 0.255 e. The monoisotopic (exact) mass is 433 g/mol. The molecule has 0 fully saturated rings. The van der Waals surface area contributed by atoms with E-state index in [1.54, 1.807) is 42.5 Å². The fraction of sp³-hybridized carbons (Fsp3) is 0.0435. The first kappa shape index (κ1) is 18.2. The van der Waals surface area contributed by atoms with Gasteiger partial charge in [-0.1, -0.05) is 45.8 Å². The number of furan rings is 1. The molecule has 0 unspecified atom stereocenters. The van der Waals surface area contributed by atoms with Gasteiger partial charge in [0.15, 0.2) is 5.76 Å². The van der Waals surface area contributed by atoms with Crippen molar-refractivity contribution in [2.45, 2.75) is 6.92 Å². The summed E-state index contributed by atoms with van der Waals surface area (Å²) in [6, 6.07) is 21.5. The summed E-state index contributed by atoms with van der Waals surface area (Å²) in [5, 5.41) is 3.55. The summed E-state index contributed by atoms with van der Waals surface area (Å²) in [4.78, 5) is 25.8. The maximum Gasteiger partial charge on any atom is 0.255 e. The summed E-state index contributed by atoms with van der Waals surface area (Å²) in [5.74, 6) is -0.469. The Morgan fingerprint density at radius 1 is 0.857 bits per heavy atom. The molecule has 0 aliphatic rings. The average Bonchev–Trinajstić information content (AvgIpc) is 3.07. The molecule has 0 bridgehead atoms. The number of hydrogen-bond donors (Lipinski definition) is 1. The molecule has 0 atom stereocenters. The Labute approximate surface area is 170 Å². The van der Waals surface area contributed by atoms with Crippen LogP contribution < -0.4 is 5.32 Å². The minimum atomic E-state index is -0.295. The summed E-state index contributed by atoms with van der Waals surface area (Å²) in [6.07, 6.45) is 0. The van der Waals surface area contributed by atoms with E-state index >= 15 is 0 Å². The third-order valence-corrected chi connectivity index (χ3v) is 4.99. The van der Waals surface area contributed by atoms with E-state index < -0.39 is 0 Å². The Morgan fingerprint density at radius 3 is 2.21 bits per heavy atom. The van der Waals surface area contributed by atoms with Crippen LogP contribution in [0.25, 0.3) is 11.0 Å². The number of nitrogens with one attached hydrogen (secondary N) is 1. The Hall–Kier alpha value is -3.18. The number of ketones is 1. The van der Waals surface area contributed by atoms with E-state index in [1.165, 1.54) is 0 Å². The molecule has 0 aliphatic carbocycles. The highest BCUT2D eigenvalue weighted by molar-refractivity contribution is 9.10. The fourth-order valence-electron chi connectivity index (χ4n) is 2.95. The maximum atomic E-state index is 13.1. The number of aryl methyl sites for hydroxylation is 1. The van der Waals surface area contributed by atoms with Crippen LogP contribution in [0.4, 0.5) is 5.69 Å². The van der Waals surface area contributed by atoms with Gasteiger partial charge < -0.3 is 9.73 Å². The van der Waals surface area contributed by atoms with Gasteiger partial charge >= 0.3 is 0 Å². The van der Waals surface area contributed by atoms with E-state index in [2.05, 4.69) is 21.2 Å². The number of benzene rings is 3. The second kappa shape index (κ2) is 7.44. The zero-order valence-corrected chi connectivity index (χ0v) is 16.6. The second-order valence-electron chi connectivity index (χ2n) is 6.46. The molecule has 0 spiro atoms. The van der Waals surface area contributed by atoms with Crippen molar-refractivity contribution in [2.24, 2.45) is 0 Å². The van der Waals surface area contributed by atoms with E-state index in [0.29, 0.717) is 27.8 Å². The first-order chi connectivity index (χ1) is 13.5. The lowest BCUT2D eigenvalue weighted by Crippen LogP contribution is -2.14. The third-order valence-electron chi connectivity index (χ3n) is 4.46. The molecule has 28 heavy (non-hydrogen) atoms. The van der Waals surface area contributed by atoms with Crippen LogP contribution in [0.15, 0.2) is 81.7 Å². The number of amides is 1. The Balaban J connectivity index is 1.77. The molecular formula is C23H16BrNO3. The lowest BCUT2D eigenvalue weighted by atomic mass is 10.1. The van der Waals surface area contributed by atoms with E-state index in [-0.39, 0.29) is 17.5 Å². The van der Waals surface area contributed by atoms with Crippen LogP contribution in [0.2, 0.25) is 0 Å². The SMILES string of the molecule is Cc1ccc(C(=O)Nc2c(C(=O)c3ccc(Br)cc3)oc3ccccc23)cc1. The van der Waals surface area contributed by atoms with Gasteiger partial charge in [0, 0.05) is 21.0 Å². The van der Waals surface area contributed by atoms with E-state index in [1.807, 2.05) is 37.3 Å². The van der Waals surface area contributed by atoms with Crippen molar-refractivity contribution in [3.05, 3.63) is 99.7 Å². The van der Waals surface area contributed by atoms with Gasteiger partial charge in [0.25, 0.3) is 5.91 Å². The van der Waals surface area contributed by atoms with E-state index in [9.17, 15) is 9.59 Å². The van der Waals surface area contributed by atoms with Crippen LogP contribution in [0, 0.1) is 6.92 Å². The molecule has 0 radical (unpaired) electrons. The zero-order chi connectivity index (χ0) is 19.7. The molecule has 1 heterocycles. The number of halogens is 1. The molecule has 5 heteroatoms. The van der Waals surface area contributed by atoms with E-state index in [4.69, 9.17) is 4.42 Å². The fourth-order valence-corrected chi connectivity index (χ4v) is 3.22. The molecule has 4 aromatic rings. The second-order valence-corrected chi connectivity index (χ2v) is 7.37. The van der Waals surface area contributed by atoms with Gasteiger partial charge in [-0.2, -0.15) is 0 Å². The van der Waals surface area contributed by atoms with Gasteiger partial charge in [-0.25, -0.2) is 0 Å². The standard InChI is InChI=1S/C23H16BrNO3/c1-14-6-8-16(9-7-14)23(27)25-20-18-4-2-3-5-19(18)28-22(20)21(26)15-10-12-17(24)13-11-15/h2-13H,1H3,(H,25,27).